The van der Waals surface area contributed by atoms with Gasteiger partial charge in [-0.05, 0) is 44.9 Å². The maximum Gasteiger partial charge on any atom is 0.475 e. The molecule has 1 rings (SSSR count). The summed E-state index contributed by atoms with van der Waals surface area (Å²) in [4.78, 5) is 13.3. The number of amides is 1. The smallest absolute Gasteiger partial charge is 0.382 e. The maximum absolute atomic E-state index is 13.8. The summed E-state index contributed by atoms with van der Waals surface area (Å²) in [5, 5.41) is 14.2. The van der Waals surface area contributed by atoms with Gasteiger partial charge in [0, 0.05) is 27.2 Å². The van der Waals surface area contributed by atoms with E-state index in [2.05, 4.69) is 44.5 Å². The number of hydrogen-bond donors (Lipinski definition) is 2. The molecule has 1 amide bonds. The number of phosphoric ester groups is 1. The van der Waals surface area contributed by atoms with Crippen molar-refractivity contribution in [2.45, 2.75) is 185 Å². The second-order valence-electron chi connectivity index (χ2n) is 14.3. The van der Waals surface area contributed by atoms with Gasteiger partial charge in [-0.1, -0.05) is 122 Å². The van der Waals surface area contributed by atoms with Gasteiger partial charge in [0.1, 0.15) is 24.4 Å². The zero-order valence-electron chi connectivity index (χ0n) is 34.4. The van der Waals surface area contributed by atoms with E-state index in [1.54, 1.807) is 7.11 Å². The molecule has 0 saturated carbocycles. The normalized spacial score (nSPS) is 21.0. The van der Waals surface area contributed by atoms with Gasteiger partial charge in [0.2, 0.25) is 5.91 Å². The number of phosphoric acid groups is 1. The fourth-order valence-corrected chi connectivity index (χ4v) is 7.86. The van der Waals surface area contributed by atoms with Crippen molar-refractivity contribution in [3.8, 4) is 0 Å². The van der Waals surface area contributed by atoms with Crippen LogP contribution in [0.4, 0.5) is 0 Å². The number of methoxy groups -OCH3 is 2. The van der Waals surface area contributed by atoms with Crippen molar-refractivity contribution in [1.29, 1.82) is 0 Å². The van der Waals surface area contributed by atoms with E-state index in [0.717, 1.165) is 51.4 Å². The summed E-state index contributed by atoms with van der Waals surface area (Å²) < 4.78 is 54.4. The highest BCUT2D eigenvalue weighted by Crippen LogP contribution is 2.52. The molecule has 2 N–H and O–H groups in total. The van der Waals surface area contributed by atoms with Gasteiger partial charge in [-0.2, -0.15) is 0 Å². The van der Waals surface area contributed by atoms with E-state index in [1.807, 2.05) is 0 Å². The monoisotopic (exact) mass is 788 g/mol. The molecule has 54 heavy (non-hydrogen) atoms. The van der Waals surface area contributed by atoms with E-state index in [0.29, 0.717) is 12.8 Å². The molecule has 1 heterocycles. The Kier molecular flexibility index (Phi) is 31.6. The van der Waals surface area contributed by atoms with Crippen molar-refractivity contribution in [2.24, 2.45) is 0 Å². The lowest BCUT2D eigenvalue weighted by Crippen LogP contribution is -2.65. The number of aliphatic hydroxyl groups is 1. The Labute approximate surface area is 328 Å². The van der Waals surface area contributed by atoms with Crippen molar-refractivity contribution in [2.75, 3.05) is 40.6 Å². The molecular weight excluding hydrogens is 709 g/mol. The predicted octanol–water partition coefficient (Wildman–Crippen LogP) is 9.92. The first-order valence-corrected chi connectivity index (χ1v) is 22.5. The highest BCUT2D eigenvalue weighted by atomic mass is 31.2. The molecule has 1 fully saturated rings. The van der Waals surface area contributed by atoms with Crippen LogP contribution >= 0.6 is 7.82 Å². The quantitative estimate of drug-likeness (QED) is 0.0356. The number of ether oxygens (including phenoxy) is 4. The molecule has 0 aromatic carbocycles. The number of nitrogens with one attached hydrogen (secondary N) is 1. The van der Waals surface area contributed by atoms with Gasteiger partial charge in [-0.3, -0.25) is 18.4 Å². The Morgan fingerprint density at radius 3 is 1.93 bits per heavy atom. The zero-order chi connectivity index (χ0) is 39.7. The summed E-state index contributed by atoms with van der Waals surface area (Å²) >= 11 is 0. The van der Waals surface area contributed by atoms with Crippen LogP contribution in [-0.2, 0) is 41.9 Å². The molecule has 1 aliphatic heterocycles. The van der Waals surface area contributed by atoms with Gasteiger partial charge in [0.25, 0.3) is 0 Å². The van der Waals surface area contributed by atoms with Crippen molar-refractivity contribution in [3.63, 3.8) is 0 Å². The number of aliphatic hydroxyl groups excluding tert-OH is 1. The third-order valence-corrected chi connectivity index (χ3v) is 11.1. The number of carbonyl (C=O) groups is 1. The first kappa shape index (κ1) is 50.6. The molecule has 0 radical (unpaired) electrons. The number of allylic oxidation sites excluding steroid dienone is 2. The summed E-state index contributed by atoms with van der Waals surface area (Å²) in [6, 6.07) is -1.02. The van der Waals surface area contributed by atoms with Crippen LogP contribution in [0.25, 0.3) is 0 Å². The van der Waals surface area contributed by atoms with Crippen LogP contribution in [0.2, 0.25) is 0 Å². The summed E-state index contributed by atoms with van der Waals surface area (Å²) in [5.74, 6) is -0.238. The molecule has 1 saturated heterocycles. The van der Waals surface area contributed by atoms with E-state index in [-0.39, 0.29) is 38.4 Å². The molecule has 6 atom stereocenters. The second kappa shape index (κ2) is 33.7. The van der Waals surface area contributed by atoms with Gasteiger partial charge in [0.05, 0.1) is 25.9 Å². The largest absolute Gasteiger partial charge is 0.475 e. The predicted molar refractivity (Wildman–Crippen MR) is 217 cm³/mol. The van der Waals surface area contributed by atoms with Crippen LogP contribution < -0.4 is 5.32 Å². The number of unbranched alkanes of at least 4 members (excludes halogenated alkanes) is 15. The SMILES string of the molecule is C=CCOP(=O)(OCC=C)OC1[C@@H](COC)OC(O)[C@H](NC(=O)CCCCCCCCC/C=C\CCCCCC)[C@H]1OCC[C@@H](CCCCCCC)OC. The minimum atomic E-state index is -4.21. The van der Waals surface area contributed by atoms with Crippen LogP contribution in [0.3, 0.4) is 0 Å². The van der Waals surface area contributed by atoms with Gasteiger partial charge in [0.15, 0.2) is 6.29 Å². The van der Waals surface area contributed by atoms with Crippen molar-refractivity contribution in [3.05, 3.63) is 37.5 Å². The minimum absolute atomic E-state index is 0.0144. The third kappa shape index (κ3) is 23.6. The molecule has 12 heteroatoms. The lowest BCUT2D eigenvalue weighted by Gasteiger charge is -2.45. The summed E-state index contributed by atoms with van der Waals surface area (Å²) in [5.41, 5.74) is 0. The molecule has 0 spiro atoms. The molecule has 2 unspecified atom stereocenters. The average molecular weight is 788 g/mol. The second-order valence-corrected chi connectivity index (χ2v) is 15.9. The van der Waals surface area contributed by atoms with E-state index < -0.39 is 38.5 Å². The molecule has 316 valence electrons. The maximum atomic E-state index is 13.8. The summed E-state index contributed by atoms with van der Waals surface area (Å²) in [6.07, 6.45) is 25.7. The zero-order valence-corrected chi connectivity index (χ0v) is 35.3. The minimum Gasteiger partial charge on any atom is -0.382 e. The lowest BCUT2D eigenvalue weighted by molar-refractivity contribution is -0.261. The number of carbonyl (C=O) groups excluding carboxylic acids is 1. The van der Waals surface area contributed by atoms with Crippen LogP contribution in [0, 0.1) is 0 Å². The first-order valence-electron chi connectivity index (χ1n) is 21.0. The van der Waals surface area contributed by atoms with E-state index in [9.17, 15) is 14.5 Å². The Hall–Kier alpha value is -1.40. The standard InChI is InChI=1S/C42H78NO10P/c1-7-11-13-15-16-17-18-19-20-21-22-23-24-26-28-30-38(44)43-39-41(49-34-31-36(48-6)29-27-25-14-12-8-2)40(37(35-47-5)52-42(39)45)53-54(46,50-32-9-3)51-33-10-4/h9-10,17-18,36-37,39-42,45H,3-4,7-8,11-16,19-35H2,1-2,5-6H3,(H,43,44)/b18-17-/t36-,37-,39-,40?,41-,42?/m1/s1. The van der Waals surface area contributed by atoms with Crippen LogP contribution in [0.5, 0.6) is 0 Å². The molecule has 11 nitrogen and oxygen atoms in total. The number of hydrogen-bond acceptors (Lipinski definition) is 10. The Balaban J connectivity index is 2.86. The topological polar surface area (TPSA) is 131 Å². The molecule has 0 bridgehead atoms. The van der Waals surface area contributed by atoms with Crippen LogP contribution in [-0.4, -0.2) is 88.4 Å². The summed E-state index contributed by atoms with van der Waals surface area (Å²) in [6.45, 7) is 11.7. The molecule has 0 aliphatic carbocycles. The Bertz CT molecular complexity index is 998. The Morgan fingerprint density at radius 1 is 0.796 bits per heavy atom. The van der Waals surface area contributed by atoms with Gasteiger partial charge in [-0.15, -0.1) is 13.2 Å². The lowest BCUT2D eigenvalue weighted by atomic mass is 9.96. The highest BCUT2D eigenvalue weighted by Gasteiger charge is 2.51. The van der Waals surface area contributed by atoms with Crippen molar-refractivity contribution >= 4 is 13.7 Å². The highest BCUT2D eigenvalue weighted by molar-refractivity contribution is 7.48. The third-order valence-electron chi connectivity index (χ3n) is 9.65. The van der Waals surface area contributed by atoms with Gasteiger partial charge >= 0.3 is 7.82 Å². The molecule has 0 aromatic heterocycles. The Morgan fingerprint density at radius 2 is 1.35 bits per heavy atom. The van der Waals surface area contributed by atoms with Crippen molar-refractivity contribution in [1.82, 2.24) is 5.32 Å². The van der Waals surface area contributed by atoms with Crippen LogP contribution in [0.15, 0.2) is 37.5 Å². The molecular formula is C42H78NO10P. The molecule has 0 aromatic rings. The van der Waals surface area contributed by atoms with Crippen LogP contribution in [0.1, 0.15) is 149 Å². The summed E-state index contributed by atoms with van der Waals surface area (Å²) in [7, 11) is -1.03. The first-order chi connectivity index (χ1) is 26.3. The fraction of sp³-hybridized carbons (Fsp3) is 0.833. The molecule has 1 aliphatic rings. The number of rotatable bonds is 37. The fourth-order valence-electron chi connectivity index (χ4n) is 6.54. The van der Waals surface area contributed by atoms with E-state index in [1.165, 1.54) is 89.9 Å². The van der Waals surface area contributed by atoms with E-state index >= 15 is 0 Å². The van der Waals surface area contributed by atoms with Crippen molar-refractivity contribution < 1.29 is 47.0 Å². The van der Waals surface area contributed by atoms with Gasteiger partial charge < -0.3 is 29.4 Å². The average Bonchev–Trinajstić information content (AvgIpc) is 3.16. The van der Waals surface area contributed by atoms with E-state index in [4.69, 9.17) is 32.5 Å². The van der Waals surface area contributed by atoms with Gasteiger partial charge in [-0.25, -0.2) is 4.57 Å².